The van der Waals surface area contributed by atoms with Gasteiger partial charge in [-0.15, -0.1) is 0 Å². The fourth-order valence-corrected chi connectivity index (χ4v) is 3.02. The molecular weight excluding hydrogens is 352 g/mol. The summed E-state index contributed by atoms with van der Waals surface area (Å²) >= 11 is 5.85. The molecule has 2 N–H and O–H groups in total. The fraction of sp³-hybridized carbons (Fsp3) is 0.533. The normalized spacial score (nSPS) is 21.5. The second kappa shape index (κ2) is 7.14. The Kier molecular flexibility index (Phi) is 5.59. The molecule has 9 heteroatoms. The number of anilines is 1. The van der Waals surface area contributed by atoms with Gasteiger partial charge in [0.1, 0.15) is 5.82 Å². The van der Waals surface area contributed by atoms with Gasteiger partial charge in [-0.25, -0.2) is 4.39 Å². The molecule has 134 valence electrons. The van der Waals surface area contributed by atoms with Crippen molar-refractivity contribution in [2.45, 2.75) is 37.9 Å². The van der Waals surface area contributed by atoms with Crippen molar-refractivity contribution in [1.29, 1.82) is 0 Å². The Bertz CT molecular complexity index is 614. The molecule has 1 aromatic rings. The molecule has 1 aromatic carbocycles. The maximum atomic E-state index is 13.6. The predicted molar refractivity (Wildman–Crippen MR) is 80.9 cm³/mol. The number of hydroxylamine groups is 1. The number of nitrogens with zero attached hydrogens (tertiary/aromatic N) is 1. The molecule has 0 bridgehead atoms. The first-order valence-corrected chi connectivity index (χ1v) is 7.76. The van der Waals surface area contributed by atoms with E-state index in [-0.39, 0.29) is 42.0 Å². The van der Waals surface area contributed by atoms with Gasteiger partial charge < -0.3 is 5.32 Å². The molecule has 1 aliphatic rings. The molecule has 1 saturated carbocycles. The van der Waals surface area contributed by atoms with Crippen LogP contribution in [0.2, 0.25) is 5.02 Å². The van der Waals surface area contributed by atoms with E-state index < -0.39 is 29.9 Å². The van der Waals surface area contributed by atoms with Gasteiger partial charge in [0.25, 0.3) is 5.91 Å². The average molecular weight is 369 g/mol. The van der Waals surface area contributed by atoms with Crippen molar-refractivity contribution >= 4 is 23.2 Å². The van der Waals surface area contributed by atoms with Crippen LogP contribution in [-0.2, 0) is 0 Å². The Labute approximate surface area is 141 Å². The van der Waals surface area contributed by atoms with E-state index in [0.29, 0.717) is 5.06 Å². The molecule has 0 aromatic heterocycles. The summed E-state index contributed by atoms with van der Waals surface area (Å²) in [4.78, 5) is 12.3. The maximum absolute atomic E-state index is 13.6. The number of alkyl halides is 3. The zero-order valence-electron chi connectivity index (χ0n) is 12.8. The number of nitrogens with one attached hydrogen (secondary N) is 1. The van der Waals surface area contributed by atoms with Gasteiger partial charge in [-0.1, -0.05) is 11.6 Å². The van der Waals surface area contributed by atoms with Crippen LogP contribution in [-0.4, -0.2) is 30.4 Å². The summed E-state index contributed by atoms with van der Waals surface area (Å²) in [5.41, 5.74) is -0.280. The molecule has 0 spiro atoms. The zero-order chi connectivity index (χ0) is 18.1. The van der Waals surface area contributed by atoms with E-state index in [1.54, 1.807) is 0 Å². The van der Waals surface area contributed by atoms with Gasteiger partial charge in [0.15, 0.2) is 0 Å². The van der Waals surface area contributed by atoms with Gasteiger partial charge >= 0.3 is 6.18 Å². The molecule has 0 unspecified atom stereocenters. The average Bonchev–Trinajstić information content (AvgIpc) is 2.46. The Morgan fingerprint density at radius 2 is 1.88 bits per heavy atom. The van der Waals surface area contributed by atoms with Crippen molar-refractivity contribution in [2.75, 3.05) is 12.1 Å². The molecule has 0 aliphatic heterocycles. The Morgan fingerprint density at radius 1 is 1.29 bits per heavy atom. The summed E-state index contributed by atoms with van der Waals surface area (Å²) in [6.45, 7) is 0. The highest BCUT2D eigenvalue weighted by Gasteiger charge is 2.41. The van der Waals surface area contributed by atoms with Gasteiger partial charge in [-0.05, 0) is 37.8 Å². The standard InChI is InChI=1S/C15H17ClF4N2O2/c1-22(24)13-6-10(11(16)7-12(13)17)14(23)21-9-4-2-8(3-5-9)15(18,19)20/h6-9,24H,2-5H2,1H3,(H,21,23). The lowest BCUT2D eigenvalue weighted by Crippen LogP contribution is -2.40. The van der Waals surface area contributed by atoms with Crippen molar-refractivity contribution in [1.82, 2.24) is 5.32 Å². The second-order valence-electron chi connectivity index (χ2n) is 5.87. The van der Waals surface area contributed by atoms with E-state index in [1.807, 2.05) is 0 Å². The third kappa shape index (κ3) is 4.30. The van der Waals surface area contributed by atoms with Crippen LogP contribution in [0.15, 0.2) is 12.1 Å². The van der Waals surface area contributed by atoms with Crippen molar-refractivity contribution in [3.05, 3.63) is 28.5 Å². The number of halogens is 5. The van der Waals surface area contributed by atoms with Crippen LogP contribution in [0.4, 0.5) is 23.2 Å². The first kappa shape index (κ1) is 18.8. The molecule has 1 aliphatic carbocycles. The minimum atomic E-state index is -4.21. The molecule has 4 nitrogen and oxygen atoms in total. The number of benzene rings is 1. The van der Waals surface area contributed by atoms with E-state index in [4.69, 9.17) is 11.6 Å². The lowest BCUT2D eigenvalue weighted by molar-refractivity contribution is -0.182. The summed E-state index contributed by atoms with van der Waals surface area (Å²) in [6.07, 6.45) is -3.88. The molecule has 1 fully saturated rings. The van der Waals surface area contributed by atoms with Crippen LogP contribution in [0.1, 0.15) is 36.0 Å². The Hall–Kier alpha value is -1.54. The van der Waals surface area contributed by atoms with Crippen molar-refractivity contribution in [3.63, 3.8) is 0 Å². The maximum Gasteiger partial charge on any atom is 0.391 e. The summed E-state index contributed by atoms with van der Waals surface area (Å²) in [5.74, 6) is -2.75. The minimum Gasteiger partial charge on any atom is -0.349 e. The van der Waals surface area contributed by atoms with E-state index in [0.717, 1.165) is 12.1 Å². The highest BCUT2D eigenvalue weighted by atomic mass is 35.5. The van der Waals surface area contributed by atoms with Crippen LogP contribution in [0.5, 0.6) is 0 Å². The number of hydrogen-bond donors (Lipinski definition) is 2. The third-order valence-corrected chi connectivity index (χ3v) is 4.47. The summed E-state index contributed by atoms with van der Waals surface area (Å²) < 4.78 is 51.5. The quantitative estimate of drug-likeness (QED) is 0.622. The van der Waals surface area contributed by atoms with Crippen molar-refractivity contribution in [2.24, 2.45) is 5.92 Å². The van der Waals surface area contributed by atoms with E-state index in [2.05, 4.69) is 5.32 Å². The highest BCUT2D eigenvalue weighted by Crippen LogP contribution is 2.37. The van der Waals surface area contributed by atoms with Gasteiger partial charge in [-0.3, -0.25) is 15.1 Å². The smallest absolute Gasteiger partial charge is 0.349 e. The van der Waals surface area contributed by atoms with Crippen molar-refractivity contribution < 1.29 is 27.6 Å². The number of carbonyl (C=O) groups is 1. The largest absolute Gasteiger partial charge is 0.391 e. The van der Waals surface area contributed by atoms with E-state index in [9.17, 15) is 27.6 Å². The molecule has 24 heavy (non-hydrogen) atoms. The molecule has 1 amide bonds. The van der Waals surface area contributed by atoms with E-state index >= 15 is 0 Å². The highest BCUT2D eigenvalue weighted by molar-refractivity contribution is 6.34. The van der Waals surface area contributed by atoms with Crippen LogP contribution >= 0.6 is 11.6 Å². The first-order chi connectivity index (χ1) is 11.1. The van der Waals surface area contributed by atoms with Gasteiger partial charge in [0.2, 0.25) is 0 Å². The fourth-order valence-electron chi connectivity index (χ4n) is 2.79. The monoisotopic (exact) mass is 368 g/mol. The zero-order valence-corrected chi connectivity index (χ0v) is 13.6. The SMILES string of the molecule is CN(O)c1cc(C(=O)NC2CCC(C(F)(F)F)CC2)c(Cl)cc1F. The first-order valence-electron chi connectivity index (χ1n) is 7.38. The van der Waals surface area contributed by atoms with Crippen LogP contribution in [0.25, 0.3) is 0 Å². The van der Waals surface area contributed by atoms with Gasteiger partial charge in [0, 0.05) is 13.1 Å². The minimum absolute atomic E-state index is 0.0454. The van der Waals surface area contributed by atoms with Crippen LogP contribution < -0.4 is 10.4 Å². The second-order valence-corrected chi connectivity index (χ2v) is 6.28. The summed E-state index contributed by atoms with van der Waals surface area (Å²) in [5, 5.41) is 12.3. The summed E-state index contributed by atoms with van der Waals surface area (Å²) in [6, 6.07) is 1.60. The topological polar surface area (TPSA) is 52.6 Å². The predicted octanol–water partition coefficient (Wildman–Crippen LogP) is 4.16. The van der Waals surface area contributed by atoms with E-state index in [1.165, 1.54) is 7.05 Å². The van der Waals surface area contributed by atoms with Crippen LogP contribution in [0, 0.1) is 11.7 Å². The molecule has 0 saturated heterocycles. The number of rotatable bonds is 3. The molecule has 0 radical (unpaired) electrons. The molecule has 0 heterocycles. The number of amides is 1. The Balaban J connectivity index is 2.05. The number of carbonyl (C=O) groups excluding carboxylic acids is 1. The molecular formula is C15H17ClF4N2O2. The van der Waals surface area contributed by atoms with Gasteiger partial charge in [0.05, 0.1) is 22.2 Å². The number of hydrogen-bond acceptors (Lipinski definition) is 3. The lowest BCUT2D eigenvalue weighted by Gasteiger charge is -2.30. The Morgan fingerprint density at radius 3 is 2.38 bits per heavy atom. The van der Waals surface area contributed by atoms with Crippen molar-refractivity contribution in [3.8, 4) is 0 Å². The lowest BCUT2D eigenvalue weighted by atomic mass is 9.85. The molecule has 0 atom stereocenters. The third-order valence-electron chi connectivity index (χ3n) is 4.16. The molecule has 2 rings (SSSR count). The van der Waals surface area contributed by atoms with Crippen LogP contribution in [0.3, 0.4) is 0 Å². The summed E-state index contributed by atoms with van der Waals surface area (Å²) in [7, 11) is 1.19. The van der Waals surface area contributed by atoms with Gasteiger partial charge in [-0.2, -0.15) is 13.2 Å².